The Bertz CT molecular complexity index is 354. The van der Waals surface area contributed by atoms with Gasteiger partial charge >= 0.3 is 0 Å². The summed E-state index contributed by atoms with van der Waals surface area (Å²) in [6, 6.07) is 5.29. The van der Waals surface area contributed by atoms with Crippen LogP contribution in [0.25, 0.3) is 0 Å². The highest BCUT2D eigenvalue weighted by molar-refractivity contribution is 7.78. The summed E-state index contributed by atoms with van der Waals surface area (Å²) in [5, 5.41) is 2.09. The van der Waals surface area contributed by atoms with Crippen LogP contribution in [0.2, 0.25) is 0 Å². The third-order valence-corrected chi connectivity index (χ3v) is 1.58. The smallest absolute Gasteiger partial charge is 0.185 e. The first-order valence-corrected chi connectivity index (χ1v) is 3.97. The average molecular weight is 195 g/mol. The van der Waals surface area contributed by atoms with Gasteiger partial charge < -0.3 is 0 Å². The van der Waals surface area contributed by atoms with Crippen LogP contribution >= 0.6 is 12.2 Å². The third-order valence-electron chi connectivity index (χ3n) is 1.45. The first-order chi connectivity index (χ1) is 6.24. The monoisotopic (exact) mass is 195 g/mol. The summed E-state index contributed by atoms with van der Waals surface area (Å²) in [5.41, 5.74) is 0.426. The zero-order valence-corrected chi connectivity index (χ0v) is 7.47. The molecule has 0 aliphatic heterocycles. The number of aliphatic imine (C=N–C) groups is 1. The van der Waals surface area contributed by atoms with Gasteiger partial charge in [0.25, 0.3) is 0 Å². The van der Waals surface area contributed by atoms with Crippen LogP contribution in [0, 0.1) is 5.82 Å². The van der Waals surface area contributed by atoms with Crippen LogP contribution < -0.4 is 0 Å². The fourth-order valence-electron chi connectivity index (χ4n) is 0.831. The lowest BCUT2D eigenvalue weighted by atomic mass is 10.1. The minimum atomic E-state index is -0.366. The maximum Gasteiger partial charge on any atom is 0.185 e. The number of thiocarbonyl (C=S) groups is 1. The van der Waals surface area contributed by atoms with Crippen molar-refractivity contribution >= 4 is 23.2 Å². The van der Waals surface area contributed by atoms with Crippen molar-refractivity contribution in [3.8, 4) is 0 Å². The van der Waals surface area contributed by atoms with Crippen LogP contribution in [0.4, 0.5) is 4.39 Å². The number of halogens is 1. The lowest BCUT2D eigenvalue weighted by molar-refractivity contribution is 0.100. The molecule has 0 atom stereocenters. The Morgan fingerprint density at radius 3 is 2.62 bits per heavy atom. The number of carbonyl (C=O) groups excluding carboxylic acids is 1. The van der Waals surface area contributed by atoms with Crippen molar-refractivity contribution in [1.29, 1.82) is 0 Å². The summed E-state index contributed by atoms with van der Waals surface area (Å²) >= 11 is 4.31. The van der Waals surface area contributed by atoms with E-state index in [9.17, 15) is 9.18 Å². The number of isothiocyanates is 1. The molecular weight excluding hydrogens is 189 g/mol. The lowest BCUT2D eigenvalue weighted by Crippen LogP contribution is -2.02. The summed E-state index contributed by atoms with van der Waals surface area (Å²) < 4.78 is 12.4. The number of Topliss-reactive ketones (excluding diaryl/α,β-unsaturated/α-hetero) is 1. The SMILES string of the molecule is O=C(CN=C=S)c1ccc(F)cc1. The third kappa shape index (κ3) is 2.86. The van der Waals surface area contributed by atoms with Crippen molar-refractivity contribution in [2.45, 2.75) is 0 Å². The molecule has 0 fully saturated rings. The second kappa shape index (κ2) is 4.60. The van der Waals surface area contributed by atoms with Gasteiger partial charge in [-0.15, -0.1) is 0 Å². The standard InChI is InChI=1S/C9H6FNOS/c10-8-3-1-7(2-4-8)9(12)5-11-6-13/h1-4H,5H2. The summed E-state index contributed by atoms with van der Waals surface area (Å²) in [7, 11) is 0. The van der Waals surface area contributed by atoms with Gasteiger partial charge in [-0.25, -0.2) is 9.38 Å². The normalized spacial score (nSPS) is 9.00. The van der Waals surface area contributed by atoms with Gasteiger partial charge in [-0.2, -0.15) is 0 Å². The molecule has 13 heavy (non-hydrogen) atoms. The maximum atomic E-state index is 12.4. The van der Waals surface area contributed by atoms with Gasteiger partial charge in [0.2, 0.25) is 0 Å². The van der Waals surface area contributed by atoms with E-state index < -0.39 is 0 Å². The molecule has 0 unspecified atom stereocenters. The molecule has 0 saturated heterocycles. The van der Waals surface area contributed by atoms with Gasteiger partial charge in [-0.3, -0.25) is 4.79 Å². The molecule has 1 aromatic rings. The van der Waals surface area contributed by atoms with Crippen LogP contribution in [0.3, 0.4) is 0 Å². The second-order valence-corrected chi connectivity index (χ2v) is 2.52. The number of hydrogen-bond acceptors (Lipinski definition) is 3. The Kier molecular flexibility index (Phi) is 3.43. The Morgan fingerprint density at radius 2 is 2.08 bits per heavy atom. The van der Waals surface area contributed by atoms with Gasteiger partial charge in [0, 0.05) is 5.56 Å². The minimum absolute atomic E-state index is 0.0326. The van der Waals surface area contributed by atoms with Crippen LogP contribution in [0.1, 0.15) is 10.4 Å². The Balaban J connectivity index is 2.77. The number of hydrogen-bond donors (Lipinski definition) is 0. The molecule has 0 aliphatic rings. The minimum Gasteiger partial charge on any atom is -0.292 e. The van der Waals surface area contributed by atoms with E-state index in [0.29, 0.717) is 5.56 Å². The number of nitrogens with zero attached hydrogens (tertiary/aromatic N) is 1. The number of carbonyl (C=O) groups is 1. The number of rotatable bonds is 3. The van der Waals surface area contributed by atoms with Gasteiger partial charge in [-0.05, 0) is 36.5 Å². The van der Waals surface area contributed by atoms with Gasteiger partial charge in [0.1, 0.15) is 12.4 Å². The fraction of sp³-hybridized carbons (Fsp3) is 0.111. The van der Waals surface area contributed by atoms with Crippen molar-refractivity contribution in [1.82, 2.24) is 0 Å². The largest absolute Gasteiger partial charge is 0.292 e. The van der Waals surface area contributed by atoms with Crippen molar-refractivity contribution in [2.24, 2.45) is 4.99 Å². The lowest BCUT2D eigenvalue weighted by Gasteiger charge is -1.95. The van der Waals surface area contributed by atoms with Crippen molar-refractivity contribution in [3.05, 3.63) is 35.6 Å². The molecule has 1 aromatic carbocycles. The summed E-state index contributed by atoms with van der Waals surface area (Å²) in [4.78, 5) is 14.7. The average Bonchev–Trinajstić information content (AvgIpc) is 2.15. The molecular formula is C9H6FNOS. The van der Waals surface area contributed by atoms with Crippen LogP contribution in [0.5, 0.6) is 0 Å². The van der Waals surface area contributed by atoms with E-state index >= 15 is 0 Å². The number of benzene rings is 1. The molecule has 0 heterocycles. The molecule has 0 radical (unpaired) electrons. The van der Waals surface area contributed by atoms with E-state index in [1.807, 2.05) is 0 Å². The first-order valence-electron chi connectivity index (χ1n) is 3.56. The van der Waals surface area contributed by atoms with Crippen LogP contribution in [-0.4, -0.2) is 17.5 Å². The van der Waals surface area contributed by atoms with Crippen molar-refractivity contribution < 1.29 is 9.18 Å². The molecule has 0 spiro atoms. The second-order valence-electron chi connectivity index (χ2n) is 2.34. The summed E-state index contributed by atoms with van der Waals surface area (Å²) in [6.45, 7) is -0.0326. The topological polar surface area (TPSA) is 29.4 Å². The maximum absolute atomic E-state index is 12.4. The molecule has 0 bridgehead atoms. The Labute approximate surface area is 80.1 Å². The van der Waals surface area contributed by atoms with E-state index in [2.05, 4.69) is 22.4 Å². The van der Waals surface area contributed by atoms with E-state index in [-0.39, 0.29) is 18.1 Å². The zero-order chi connectivity index (χ0) is 9.68. The van der Waals surface area contributed by atoms with E-state index in [1.165, 1.54) is 24.3 Å². The molecule has 0 aromatic heterocycles. The van der Waals surface area contributed by atoms with E-state index in [0.717, 1.165) is 0 Å². The predicted octanol–water partition coefficient (Wildman–Crippen LogP) is 2.11. The summed E-state index contributed by atoms with van der Waals surface area (Å²) in [6.07, 6.45) is 0. The van der Waals surface area contributed by atoms with Crippen LogP contribution in [0.15, 0.2) is 29.3 Å². The Morgan fingerprint density at radius 1 is 1.46 bits per heavy atom. The number of ketones is 1. The Hall–Kier alpha value is -1.38. The van der Waals surface area contributed by atoms with Crippen molar-refractivity contribution in [3.63, 3.8) is 0 Å². The highest BCUT2D eigenvalue weighted by Gasteiger charge is 2.03. The van der Waals surface area contributed by atoms with E-state index in [1.54, 1.807) is 0 Å². The van der Waals surface area contributed by atoms with E-state index in [4.69, 9.17) is 0 Å². The highest BCUT2D eigenvalue weighted by atomic mass is 32.1. The first kappa shape index (κ1) is 9.71. The van der Waals surface area contributed by atoms with Gasteiger partial charge in [0.15, 0.2) is 5.78 Å². The molecule has 4 heteroatoms. The highest BCUT2D eigenvalue weighted by Crippen LogP contribution is 2.03. The van der Waals surface area contributed by atoms with Gasteiger partial charge in [0.05, 0.1) is 5.16 Å². The molecule has 0 amide bonds. The molecule has 1 rings (SSSR count). The molecule has 0 aliphatic carbocycles. The predicted molar refractivity (Wildman–Crippen MR) is 50.6 cm³/mol. The molecule has 0 N–H and O–H groups in total. The zero-order valence-electron chi connectivity index (χ0n) is 6.66. The fourth-order valence-corrected chi connectivity index (χ4v) is 0.896. The molecule has 2 nitrogen and oxygen atoms in total. The van der Waals surface area contributed by atoms with Gasteiger partial charge in [-0.1, -0.05) is 0 Å². The summed E-state index contributed by atoms with van der Waals surface area (Å²) in [5.74, 6) is -0.563. The van der Waals surface area contributed by atoms with Crippen LogP contribution in [-0.2, 0) is 0 Å². The molecule has 0 saturated carbocycles. The molecule has 66 valence electrons. The quantitative estimate of drug-likeness (QED) is 0.420. The van der Waals surface area contributed by atoms with Crippen molar-refractivity contribution in [2.75, 3.05) is 6.54 Å².